The standard InChI is InChI=1S/C24H20F4N6O2S/c1-13-7-8-17(33-37(35,36)18-6-4-3-5-16(18)24(26,27)28)20(25)19(13)15-11-14-12-31-23(29-2)32-21(14)34-10-9-30-22(15)34/h3-8,11-12,33H,9-10H2,1-2H3,(H,29,31,32). The first-order valence-electron chi connectivity index (χ1n) is 11.1. The normalized spacial score (nSPS) is 15.0. The van der Waals surface area contributed by atoms with Gasteiger partial charge in [-0.1, -0.05) is 18.2 Å². The van der Waals surface area contributed by atoms with E-state index in [0.717, 1.165) is 12.1 Å². The third-order valence-electron chi connectivity index (χ3n) is 6.00. The molecule has 192 valence electrons. The highest BCUT2D eigenvalue weighted by Crippen LogP contribution is 2.39. The van der Waals surface area contributed by atoms with Crippen LogP contribution >= 0.6 is 0 Å². The molecule has 0 fully saturated rings. The van der Waals surface area contributed by atoms with Crippen molar-refractivity contribution in [2.24, 2.45) is 4.99 Å². The van der Waals surface area contributed by atoms with E-state index in [1.54, 1.807) is 26.2 Å². The molecule has 0 amide bonds. The molecule has 0 unspecified atom stereocenters. The summed E-state index contributed by atoms with van der Waals surface area (Å²) in [4.78, 5) is 14.0. The van der Waals surface area contributed by atoms with E-state index < -0.39 is 38.2 Å². The molecule has 3 aromatic rings. The van der Waals surface area contributed by atoms with Crippen molar-refractivity contribution in [2.45, 2.75) is 18.0 Å². The second-order valence-electron chi connectivity index (χ2n) is 8.36. The molecule has 0 bridgehead atoms. The number of hydrogen-bond donors (Lipinski definition) is 2. The number of aryl methyl sites for hydroxylation is 1. The molecule has 8 nitrogen and oxygen atoms in total. The fourth-order valence-electron chi connectivity index (χ4n) is 4.33. The van der Waals surface area contributed by atoms with Gasteiger partial charge >= 0.3 is 6.18 Å². The average Bonchev–Trinajstić information content (AvgIpc) is 3.36. The summed E-state index contributed by atoms with van der Waals surface area (Å²) in [5.74, 6) is 0.514. The number of fused-ring (bicyclic) bond motifs is 3. The van der Waals surface area contributed by atoms with Crippen molar-refractivity contribution in [1.82, 2.24) is 9.97 Å². The first-order chi connectivity index (χ1) is 17.5. The van der Waals surface area contributed by atoms with Gasteiger partial charge in [-0.15, -0.1) is 0 Å². The summed E-state index contributed by atoms with van der Waals surface area (Å²) in [7, 11) is -3.10. The average molecular weight is 533 g/mol. The monoisotopic (exact) mass is 532 g/mol. The molecule has 2 aliphatic heterocycles. The van der Waals surface area contributed by atoms with Crippen molar-refractivity contribution in [3.8, 4) is 0 Å². The van der Waals surface area contributed by atoms with E-state index >= 15 is 4.39 Å². The highest BCUT2D eigenvalue weighted by atomic mass is 32.2. The summed E-state index contributed by atoms with van der Waals surface area (Å²) < 4.78 is 84.2. The van der Waals surface area contributed by atoms with Gasteiger partial charge in [0, 0.05) is 36.5 Å². The number of benzene rings is 2. The van der Waals surface area contributed by atoms with Crippen molar-refractivity contribution < 1.29 is 26.0 Å². The summed E-state index contributed by atoms with van der Waals surface area (Å²) in [5, 5.41) is 2.87. The topological polar surface area (TPSA) is 99.6 Å². The van der Waals surface area contributed by atoms with Crippen molar-refractivity contribution in [3.63, 3.8) is 0 Å². The molecule has 0 atom stereocenters. The quantitative estimate of drug-likeness (QED) is 0.468. The number of anilines is 3. The van der Waals surface area contributed by atoms with Crippen LogP contribution in [0.5, 0.6) is 0 Å². The summed E-state index contributed by atoms with van der Waals surface area (Å²) in [6.45, 7) is 2.58. The predicted molar refractivity (Wildman–Crippen MR) is 132 cm³/mol. The van der Waals surface area contributed by atoms with E-state index in [1.807, 2.05) is 9.62 Å². The first-order valence-corrected chi connectivity index (χ1v) is 12.6. The number of alkyl halides is 3. The number of nitrogens with one attached hydrogen (secondary N) is 2. The van der Waals surface area contributed by atoms with Gasteiger partial charge in [0.15, 0.2) is 5.82 Å². The van der Waals surface area contributed by atoms with E-state index in [0.29, 0.717) is 53.5 Å². The van der Waals surface area contributed by atoms with Crippen LogP contribution in [0.4, 0.5) is 35.0 Å². The Morgan fingerprint density at radius 2 is 1.86 bits per heavy atom. The minimum Gasteiger partial charge on any atom is -0.357 e. The van der Waals surface area contributed by atoms with Gasteiger partial charge in [0.1, 0.15) is 11.7 Å². The van der Waals surface area contributed by atoms with E-state index in [9.17, 15) is 21.6 Å². The van der Waals surface area contributed by atoms with Crippen LogP contribution in [0.25, 0.3) is 11.6 Å². The molecule has 2 N–H and O–H groups in total. The lowest BCUT2D eigenvalue weighted by atomic mass is 9.94. The minimum absolute atomic E-state index is 0.0679. The molecule has 2 aromatic carbocycles. The van der Waals surface area contributed by atoms with Gasteiger partial charge in [-0.05, 0) is 36.8 Å². The van der Waals surface area contributed by atoms with Crippen LogP contribution in [-0.4, -0.2) is 44.4 Å². The summed E-state index contributed by atoms with van der Waals surface area (Å²) in [6.07, 6.45) is -1.67. The minimum atomic E-state index is -4.91. The van der Waals surface area contributed by atoms with Gasteiger partial charge in [-0.3, -0.25) is 9.71 Å². The smallest absolute Gasteiger partial charge is 0.357 e. The van der Waals surface area contributed by atoms with Crippen molar-refractivity contribution in [2.75, 3.05) is 35.1 Å². The van der Waals surface area contributed by atoms with E-state index in [4.69, 9.17) is 0 Å². The Hall–Kier alpha value is -4.00. The predicted octanol–water partition coefficient (Wildman–Crippen LogP) is 4.56. The maximum atomic E-state index is 15.9. The van der Waals surface area contributed by atoms with E-state index in [1.165, 1.54) is 18.2 Å². The molecule has 0 radical (unpaired) electrons. The summed E-state index contributed by atoms with van der Waals surface area (Å²) in [5.41, 5.74) is -0.294. The molecule has 5 rings (SSSR count). The number of aromatic nitrogens is 2. The van der Waals surface area contributed by atoms with Crippen LogP contribution < -0.4 is 14.9 Å². The lowest BCUT2D eigenvalue weighted by Crippen LogP contribution is -2.33. The second-order valence-corrected chi connectivity index (χ2v) is 10.0. The van der Waals surface area contributed by atoms with Crippen LogP contribution in [0, 0.1) is 12.7 Å². The Labute approximate surface area is 209 Å². The molecule has 1 aromatic heterocycles. The molecule has 3 heterocycles. The molecule has 0 saturated heterocycles. The highest BCUT2D eigenvalue weighted by Gasteiger charge is 2.38. The van der Waals surface area contributed by atoms with Crippen LogP contribution in [0.2, 0.25) is 0 Å². The summed E-state index contributed by atoms with van der Waals surface area (Å²) in [6, 6.07) is 6.39. The third-order valence-corrected chi connectivity index (χ3v) is 7.43. The maximum Gasteiger partial charge on any atom is 0.417 e. The fourth-order valence-corrected chi connectivity index (χ4v) is 5.61. The van der Waals surface area contributed by atoms with Crippen LogP contribution in [0.1, 0.15) is 22.3 Å². The van der Waals surface area contributed by atoms with Crippen LogP contribution in [0.15, 0.2) is 52.5 Å². The fraction of sp³-hybridized carbons (Fsp3) is 0.208. The Kier molecular flexibility index (Phi) is 5.89. The van der Waals surface area contributed by atoms with Crippen LogP contribution in [0.3, 0.4) is 0 Å². The number of halogens is 4. The Bertz CT molecular complexity index is 1580. The molecule has 37 heavy (non-hydrogen) atoms. The first kappa shape index (κ1) is 24.7. The molecule has 0 aliphatic carbocycles. The molecule has 2 aliphatic rings. The molecular formula is C24H20F4N6O2S. The SMILES string of the molecule is CNc1ncc2c(n1)N1CCN=C1C(c1c(C)ccc(NS(=O)(=O)c3ccccc3C(F)(F)F)c1F)=C2. The van der Waals surface area contributed by atoms with Gasteiger partial charge in [0.2, 0.25) is 5.95 Å². The molecular weight excluding hydrogens is 512 g/mol. The number of aliphatic imine (C=N–C) groups is 1. The van der Waals surface area contributed by atoms with E-state index in [2.05, 4.69) is 20.3 Å². The number of rotatable bonds is 5. The summed E-state index contributed by atoms with van der Waals surface area (Å²) >= 11 is 0. The van der Waals surface area contributed by atoms with Gasteiger partial charge in [-0.2, -0.15) is 18.2 Å². The van der Waals surface area contributed by atoms with Gasteiger partial charge in [-0.25, -0.2) is 17.8 Å². The Morgan fingerprint density at radius 3 is 2.59 bits per heavy atom. The van der Waals surface area contributed by atoms with Crippen molar-refractivity contribution in [1.29, 1.82) is 0 Å². The van der Waals surface area contributed by atoms with Crippen molar-refractivity contribution in [3.05, 3.63) is 70.7 Å². The molecule has 0 spiro atoms. The lowest BCUT2D eigenvalue weighted by Gasteiger charge is -2.28. The maximum absolute atomic E-state index is 15.9. The third kappa shape index (κ3) is 4.28. The zero-order chi connectivity index (χ0) is 26.5. The molecule has 13 heteroatoms. The van der Waals surface area contributed by atoms with Gasteiger partial charge in [0.05, 0.1) is 22.7 Å². The van der Waals surface area contributed by atoms with E-state index in [-0.39, 0.29) is 5.56 Å². The number of amidine groups is 1. The zero-order valence-electron chi connectivity index (χ0n) is 19.6. The largest absolute Gasteiger partial charge is 0.417 e. The van der Waals surface area contributed by atoms with Crippen molar-refractivity contribution >= 4 is 45.0 Å². The molecule has 0 saturated carbocycles. The zero-order valence-corrected chi connectivity index (χ0v) is 20.4. The highest BCUT2D eigenvalue weighted by molar-refractivity contribution is 7.92. The van der Waals surface area contributed by atoms with Gasteiger partial charge in [0.25, 0.3) is 10.0 Å². The number of sulfonamides is 1. The second kappa shape index (κ2) is 8.83. The lowest BCUT2D eigenvalue weighted by molar-refractivity contribution is -0.139. The van der Waals surface area contributed by atoms with Gasteiger partial charge < -0.3 is 10.2 Å². The number of hydrogen-bond acceptors (Lipinski definition) is 7. The Morgan fingerprint density at radius 1 is 1.11 bits per heavy atom. The Balaban J connectivity index is 1.61. The number of nitrogens with zero attached hydrogens (tertiary/aromatic N) is 4. The van der Waals surface area contributed by atoms with Crippen LogP contribution in [-0.2, 0) is 16.2 Å².